The molecule has 1 aliphatic heterocycles. The highest BCUT2D eigenvalue weighted by Crippen LogP contribution is 2.05. The predicted molar refractivity (Wildman–Crippen MR) is 51.8 cm³/mol. The lowest BCUT2D eigenvalue weighted by Crippen LogP contribution is -2.17. The third-order valence-electron chi connectivity index (χ3n) is 2.11. The summed E-state index contributed by atoms with van der Waals surface area (Å²) >= 11 is 0. The van der Waals surface area contributed by atoms with Gasteiger partial charge in [0.05, 0.1) is 19.8 Å². The Morgan fingerprint density at radius 1 is 1.29 bits per heavy atom. The smallest absolute Gasteiger partial charge is 0.147 e. The summed E-state index contributed by atoms with van der Waals surface area (Å²) < 4.78 is 15.8. The van der Waals surface area contributed by atoms with Crippen molar-refractivity contribution >= 4 is 0 Å². The van der Waals surface area contributed by atoms with Crippen molar-refractivity contribution < 1.29 is 14.2 Å². The summed E-state index contributed by atoms with van der Waals surface area (Å²) in [6, 6.07) is 10.1. The molecule has 0 amide bonds. The highest BCUT2D eigenvalue weighted by atomic mass is 16.7. The molecule has 14 heavy (non-hydrogen) atoms. The van der Waals surface area contributed by atoms with Gasteiger partial charge in [-0.1, -0.05) is 30.3 Å². The van der Waals surface area contributed by atoms with Gasteiger partial charge < -0.3 is 14.2 Å². The molecule has 2 rings (SSSR count). The molecule has 1 heterocycles. The number of hydrogen-bond acceptors (Lipinski definition) is 3. The lowest BCUT2D eigenvalue weighted by atomic mass is 10.2. The van der Waals surface area contributed by atoms with Crippen LogP contribution in [0.5, 0.6) is 0 Å². The quantitative estimate of drug-likeness (QED) is 0.728. The maximum absolute atomic E-state index is 5.50. The summed E-state index contributed by atoms with van der Waals surface area (Å²) in [5.41, 5.74) is 1.19. The Hall–Kier alpha value is -0.900. The summed E-state index contributed by atoms with van der Waals surface area (Å²) in [5.74, 6) is 0. The van der Waals surface area contributed by atoms with E-state index in [1.165, 1.54) is 5.56 Å². The summed E-state index contributed by atoms with van der Waals surface area (Å²) in [7, 11) is 0. The van der Waals surface area contributed by atoms with Gasteiger partial charge in [-0.05, 0) is 5.56 Å². The molecule has 0 bridgehead atoms. The van der Waals surface area contributed by atoms with Gasteiger partial charge in [0.15, 0.2) is 0 Å². The molecule has 1 saturated heterocycles. The molecule has 0 unspecified atom stereocenters. The third-order valence-corrected chi connectivity index (χ3v) is 2.11. The van der Waals surface area contributed by atoms with Crippen LogP contribution in [0.1, 0.15) is 5.56 Å². The number of hydrogen-bond donors (Lipinski definition) is 0. The standard InChI is InChI=1S/C11H14O3/c1-2-4-10(5-3-1)6-12-7-11-8-13-9-14-11/h1-5,11H,6-9H2/t11-/m0/s1. The molecule has 0 radical (unpaired) electrons. The molecule has 1 aliphatic rings. The van der Waals surface area contributed by atoms with Crippen LogP contribution in [0.4, 0.5) is 0 Å². The molecule has 0 spiro atoms. The van der Waals surface area contributed by atoms with Crippen LogP contribution >= 0.6 is 0 Å². The van der Waals surface area contributed by atoms with Crippen molar-refractivity contribution in [3.8, 4) is 0 Å². The van der Waals surface area contributed by atoms with Gasteiger partial charge in [0.1, 0.15) is 12.9 Å². The maximum Gasteiger partial charge on any atom is 0.147 e. The second-order valence-corrected chi connectivity index (χ2v) is 3.28. The van der Waals surface area contributed by atoms with E-state index in [1.807, 2.05) is 30.3 Å². The average molecular weight is 194 g/mol. The molecule has 3 nitrogen and oxygen atoms in total. The van der Waals surface area contributed by atoms with Gasteiger partial charge in [0.25, 0.3) is 0 Å². The molecule has 0 saturated carbocycles. The summed E-state index contributed by atoms with van der Waals surface area (Å²) in [6.45, 7) is 2.30. The molecule has 0 aromatic heterocycles. The lowest BCUT2D eigenvalue weighted by Gasteiger charge is -2.08. The van der Waals surface area contributed by atoms with Crippen LogP contribution in [0.2, 0.25) is 0 Å². The fourth-order valence-corrected chi connectivity index (χ4v) is 1.35. The van der Waals surface area contributed by atoms with Crippen LogP contribution < -0.4 is 0 Å². The minimum Gasteiger partial charge on any atom is -0.374 e. The monoisotopic (exact) mass is 194 g/mol. The zero-order valence-electron chi connectivity index (χ0n) is 8.02. The van der Waals surface area contributed by atoms with Gasteiger partial charge >= 0.3 is 0 Å². The van der Waals surface area contributed by atoms with Crippen molar-refractivity contribution in [2.75, 3.05) is 20.0 Å². The van der Waals surface area contributed by atoms with Gasteiger partial charge in [-0.15, -0.1) is 0 Å². The molecule has 1 aromatic carbocycles. The molecule has 0 N–H and O–H groups in total. The van der Waals surface area contributed by atoms with Crippen LogP contribution in [0, 0.1) is 0 Å². The van der Waals surface area contributed by atoms with Crippen LogP contribution in [0.25, 0.3) is 0 Å². The van der Waals surface area contributed by atoms with E-state index >= 15 is 0 Å². The maximum atomic E-state index is 5.50. The number of rotatable bonds is 4. The highest BCUT2D eigenvalue weighted by Gasteiger charge is 2.15. The third kappa shape index (κ3) is 2.80. The minimum absolute atomic E-state index is 0.110. The van der Waals surface area contributed by atoms with Crippen molar-refractivity contribution in [1.29, 1.82) is 0 Å². The first kappa shape index (κ1) is 9.65. The SMILES string of the molecule is c1ccc(COC[C@H]2COCO2)cc1. The Balaban J connectivity index is 1.67. The lowest BCUT2D eigenvalue weighted by molar-refractivity contribution is 0.000613. The second-order valence-electron chi connectivity index (χ2n) is 3.28. The van der Waals surface area contributed by atoms with Crippen LogP contribution in [0.15, 0.2) is 30.3 Å². The summed E-state index contributed by atoms with van der Waals surface area (Å²) in [4.78, 5) is 0. The highest BCUT2D eigenvalue weighted by molar-refractivity contribution is 5.13. The minimum atomic E-state index is 0.110. The first-order chi connectivity index (χ1) is 6.95. The number of benzene rings is 1. The molecule has 1 atom stereocenters. The van der Waals surface area contributed by atoms with E-state index in [2.05, 4.69) is 0 Å². The van der Waals surface area contributed by atoms with Crippen molar-refractivity contribution in [2.45, 2.75) is 12.7 Å². The van der Waals surface area contributed by atoms with Crippen LogP contribution in [0.3, 0.4) is 0 Å². The molecule has 1 fully saturated rings. The molecule has 3 heteroatoms. The second kappa shape index (κ2) is 5.10. The Morgan fingerprint density at radius 3 is 2.86 bits per heavy atom. The van der Waals surface area contributed by atoms with E-state index in [1.54, 1.807) is 0 Å². The summed E-state index contributed by atoms with van der Waals surface area (Å²) in [5, 5.41) is 0. The average Bonchev–Trinajstić information content (AvgIpc) is 2.72. The van der Waals surface area contributed by atoms with E-state index < -0.39 is 0 Å². The van der Waals surface area contributed by atoms with Gasteiger partial charge in [0, 0.05) is 0 Å². The topological polar surface area (TPSA) is 27.7 Å². The fourth-order valence-electron chi connectivity index (χ4n) is 1.35. The first-order valence-corrected chi connectivity index (χ1v) is 4.76. The van der Waals surface area contributed by atoms with E-state index in [9.17, 15) is 0 Å². The first-order valence-electron chi connectivity index (χ1n) is 4.76. The Kier molecular flexibility index (Phi) is 3.51. The Morgan fingerprint density at radius 2 is 2.14 bits per heavy atom. The normalized spacial score (nSPS) is 21.3. The van der Waals surface area contributed by atoms with Crippen molar-refractivity contribution in [1.82, 2.24) is 0 Å². The van der Waals surface area contributed by atoms with Crippen molar-refractivity contribution in [3.05, 3.63) is 35.9 Å². The predicted octanol–water partition coefficient (Wildman–Crippen LogP) is 1.58. The number of ether oxygens (including phenoxy) is 3. The van der Waals surface area contributed by atoms with Gasteiger partial charge in [-0.25, -0.2) is 0 Å². The van der Waals surface area contributed by atoms with Gasteiger partial charge in [-0.2, -0.15) is 0 Å². The van der Waals surface area contributed by atoms with E-state index in [0.29, 0.717) is 26.6 Å². The molecule has 1 aromatic rings. The largest absolute Gasteiger partial charge is 0.374 e. The zero-order chi connectivity index (χ0) is 9.64. The molecular formula is C11H14O3. The Bertz CT molecular complexity index is 254. The summed E-state index contributed by atoms with van der Waals surface area (Å²) in [6.07, 6.45) is 0.110. The fraction of sp³-hybridized carbons (Fsp3) is 0.455. The zero-order valence-corrected chi connectivity index (χ0v) is 8.02. The van der Waals surface area contributed by atoms with Crippen LogP contribution in [-0.4, -0.2) is 26.1 Å². The van der Waals surface area contributed by atoms with Crippen molar-refractivity contribution in [2.24, 2.45) is 0 Å². The van der Waals surface area contributed by atoms with Crippen molar-refractivity contribution in [3.63, 3.8) is 0 Å². The van der Waals surface area contributed by atoms with E-state index in [0.717, 1.165) is 0 Å². The van der Waals surface area contributed by atoms with Gasteiger partial charge in [-0.3, -0.25) is 0 Å². The van der Waals surface area contributed by atoms with Crippen LogP contribution in [-0.2, 0) is 20.8 Å². The van der Waals surface area contributed by atoms with E-state index in [-0.39, 0.29) is 6.10 Å². The molecular weight excluding hydrogens is 180 g/mol. The Labute approximate surface area is 83.6 Å². The van der Waals surface area contributed by atoms with Gasteiger partial charge in [0.2, 0.25) is 0 Å². The molecule has 76 valence electrons. The van der Waals surface area contributed by atoms with E-state index in [4.69, 9.17) is 14.2 Å². The molecule has 0 aliphatic carbocycles.